The highest BCUT2D eigenvalue weighted by Gasteiger charge is 2.17. The Balaban J connectivity index is 2.62. The van der Waals surface area contributed by atoms with E-state index in [2.05, 4.69) is 5.32 Å². The number of halogens is 1. The topological polar surface area (TPSA) is 49.4 Å². The first-order valence-corrected chi connectivity index (χ1v) is 5.83. The van der Waals surface area contributed by atoms with Gasteiger partial charge in [-0.15, -0.1) is 0 Å². The van der Waals surface area contributed by atoms with Gasteiger partial charge in [0.2, 0.25) is 5.91 Å². The maximum absolute atomic E-state index is 13.4. The van der Waals surface area contributed by atoms with Crippen LogP contribution in [0.5, 0.6) is 0 Å². The zero-order valence-corrected chi connectivity index (χ0v) is 10.6. The summed E-state index contributed by atoms with van der Waals surface area (Å²) in [6.45, 7) is 2.43. The molecule has 98 valence electrons. The molecule has 1 rings (SSSR count). The van der Waals surface area contributed by atoms with Gasteiger partial charge in [-0.25, -0.2) is 4.39 Å². The number of likely N-dealkylation sites (N-methyl/N-ethyl adjacent to an activating group) is 1. The van der Waals surface area contributed by atoms with Gasteiger partial charge in [-0.2, -0.15) is 0 Å². The highest BCUT2D eigenvalue weighted by atomic mass is 19.1. The Morgan fingerprint density at radius 2 is 2.00 bits per heavy atom. The van der Waals surface area contributed by atoms with Crippen LogP contribution in [0.2, 0.25) is 0 Å². The fraction of sp³-hybridized carbons (Fsp3) is 0.385. The van der Waals surface area contributed by atoms with Crippen molar-refractivity contribution < 1.29 is 14.0 Å². The number of benzene rings is 1. The summed E-state index contributed by atoms with van der Waals surface area (Å²) in [7, 11) is 1.47. The first-order chi connectivity index (χ1) is 8.56. The number of amides is 2. The van der Waals surface area contributed by atoms with E-state index in [0.29, 0.717) is 6.54 Å². The second-order valence-corrected chi connectivity index (χ2v) is 3.99. The van der Waals surface area contributed by atoms with Gasteiger partial charge < -0.3 is 10.2 Å². The Labute approximate surface area is 106 Å². The molecule has 5 heteroatoms. The number of hydrogen-bond acceptors (Lipinski definition) is 2. The average molecular weight is 252 g/mol. The molecule has 0 aliphatic heterocycles. The van der Waals surface area contributed by atoms with Crippen LogP contribution < -0.4 is 5.32 Å². The SMILES string of the molecule is CCCNC(=O)CN(C)C(=O)c1ccccc1F. The Morgan fingerprint density at radius 1 is 1.33 bits per heavy atom. The maximum atomic E-state index is 13.4. The number of carbonyl (C=O) groups is 2. The van der Waals surface area contributed by atoms with Crippen molar-refractivity contribution in [3.8, 4) is 0 Å². The summed E-state index contributed by atoms with van der Waals surface area (Å²) < 4.78 is 13.4. The Morgan fingerprint density at radius 3 is 2.61 bits per heavy atom. The van der Waals surface area contributed by atoms with E-state index in [-0.39, 0.29) is 18.0 Å². The molecule has 0 saturated heterocycles. The summed E-state index contributed by atoms with van der Waals surface area (Å²) >= 11 is 0. The van der Waals surface area contributed by atoms with Crippen molar-refractivity contribution in [3.63, 3.8) is 0 Å². The van der Waals surface area contributed by atoms with Crippen LogP contribution in [-0.4, -0.2) is 36.9 Å². The third-order valence-corrected chi connectivity index (χ3v) is 2.40. The summed E-state index contributed by atoms with van der Waals surface area (Å²) in [5.41, 5.74) is -0.0247. The third-order valence-electron chi connectivity index (χ3n) is 2.40. The normalized spacial score (nSPS) is 9.94. The average Bonchev–Trinajstić information content (AvgIpc) is 2.36. The molecular weight excluding hydrogens is 235 g/mol. The summed E-state index contributed by atoms with van der Waals surface area (Å²) in [5, 5.41) is 2.66. The van der Waals surface area contributed by atoms with E-state index in [1.54, 1.807) is 6.07 Å². The molecule has 0 aliphatic carbocycles. The fourth-order valence-corrected chi connectivity index (χ4v) is 1.45. The molecule has 0 atom stereocenters. The van der Waals surface area contributed by atoms with E-state index in [1.165, 1.54) is 30.1 Å². The molecule has 0 radical (unpaired) electrons. The molecule has 0 aromatic heterocycles. The van der Waals surface area contributed by atoms with Crippen LogP contribution in [-0.2, 0) is 4.79 Å². The number of hydrogen-bond donors (Lipinski definition) is 1. The first kappa shape index (κ1) is 14.2. The van der Waals surface area contributed by atoms with Crippen molar-refractivity contribution in [3.05, 3.63) is 35.6 Å². The number of nitrogens with zero attached hydrogens (tertiary/aromatic N) is 1. The van der Waals surface area contributed by atoms with Crippen molar-refractivity contribution in [1.82, 2.24) is 10.2 Å². The third kappa shape index (κ3) is 3.84. The van der Waals surface area contributed by atoms with E-state index >= 15 is 0 Å². The first-order valence-electron chi connectivity index (χ1n) is 5.83. The maximum Gasteiger partial charge on any atom is 0.257 e. The molecule has 0 saturated carbocycles. The van der Waals surface area contributed by atoms with Crippen molar-refractivity contribution >= 4 is 11.8 Å². The predicted octanol–water partition coefficient (Wildman–Crippen LogP) is 1.42. The lowest BCUT2D eigenvalue weighted by atomic mass is 10.2. The molecule has 4 nitrogen and oxygen atoms in total. The van der Waals surface area contributed by atoms with Gasteiger partial charge in [0.15, 0.2) is 0 Å². The van der Waals surface area contributed by atoms with Crippen LogP contribution in [0.1, 0.15) is 23.7 Å². The Kier molecular flexibility index (Phi) is 5.30. The molecule has 18 heavy (non-hydrogen) atoms. The molecule has 1 aromatic rings. The summed E-state index contributed by atoms with van der Waals surface area (Å²) in [4.78, 5) is 24.5. The Bertz CT molecular complexity index is 435. The van der Waals surface area contributed by atoms with Crippen molar-refractivity contribution in [1.29, 1.82) is 0 Å². The molecule has 1 aromatic carbocycles. The lowest BCUT2D eigenvalue weighted by Crippen LogP contribution is -2.38. The molecule has 1 N–H and O–H groups in total. The molecule has 0 heterocycles. The molecule has 2 amide bonds. The Hall–Kier alpha value is -1.91. The minimum atomic E-state index is -0.580. The van der Waals surface area contributed by atoms with Crippen molar-refractivity contribution in [2.24, 2.45) is 0 Å². The van der Waals surface area contributed by atoms with E-state index in [9.17, 15) is 14.0 Å². The van der Waals surface area contributed by atoms with Gasteiger partial charge >= 0.3 is 0 Å². The van der Waals surface area contributed by atoms with Gasteiger partial charge in [0.05, 0.1) is 12.1 Å². The molecule has 0 spiro atoms. The molecule has 0 fully saturated rings. The second-order valence-electron chi connectivity index (χ2n) is 3.99. The molecule has 0 bridgehead atoms. The van der Waals surface area contributed by atoms with E-state index in [4.69, 9.17) is 0 Å². The monoisotopic (exact) mass is 252 g/mol. The van der Waals surface area contributed by atoms with Crippen LogP contribution in [0.4, 0.5) is 4.39 Å². The van der Waals surface area contributed by atoms with Gasteiger partial charge in [-0.1, -0.05) is 19.1 Å². The second kappa shape index (κ2) is 6.74. The fourth-order valence-electron chi connectivity index (χ4n) is 1.45. The van der Waals surface area contributed by atoms with Gasteiger partial charge in [-0.3, -0.25) is 9.59 Å². The van der Waals surface area contributed by atoms with Crippen molar-refractivity contribution in [2.45, 2.75) is 13.3 Å². The minimum absolute atomic E-state index is 0.0247. The van der Waals surface area contributed by atoms with Gasteiger partial charge in [-0.05, 0) is 18.6 Å². The largest absolute Gasteiger partial charge is 0.355 e. The van der Waals surface area contributed by atoms with Crippen LogP contribution in [0.3, 0.4) is 0 Å². The van der Waals surface area contributed by atoms with E-state index in [0.717, 1.165) is 6.42 Å². The smallest absolute Gasteiger partial charge is 0.257 e. The lowest BCUT2D eigenvalue weighted by Gasteiger charge is -2.17. The lowest BCUT2D eigenvalue weighted by molar-refractivity contribution is -0.121. The van der Waals surface area contributed by atoms with Crippen LogP contribution in [0.15, 0.2) is 24.3 Å². The number of rotatable bonds is 5. The summed E-state index contributed by atoms with van der Waals surface area (Å²) in [5.74, 6) is -1.33. The van der Waals surface area contributed by atoms with Crippen LogP contribution in [0.25, 0.3) is 0 Å². The van der Waals surface area contributed by atoms with Crippen LogP contribution in [0, 0.1) is 5.82 Å². The van der Waals surface area contributed by atoms with Crippen molar-refractivity contribution in [2.75, 3.05) is 20.1 Å². The highest BCUT2D eigenvalue weighted by molar-refractivity contribution is 5.96. The summed E-state index contributed by atoms with van der Waals surface area (Å²) in [6, 6.07) is 5.72. The van der Waals surface area contributed by atoms with E-state index in [1.807, 2.05) is 6.92 Å². The van der Waals surface area contributed by atoms with Crippen LogP contribution >= 0.6 is 0 Å². The van der Waals surface area contributed by atoms with Gasteiger partial charge in [0.1, 0.15) is 5.82 Å². The molecule has 0 aliphatic rings. The van der Waals surface area contributed by atoms with E-state index < -0.39 is 11.7 Å². The number of nitrogens with one attached hydrogen (secondary N) is 1. The highest BCUT2D eigenvalue weighted by Crippen LogP contribution is 2.08. The quantitative estimate of drug-likeness (QED) is 0.861. The molecule has 0 unspecified atom stereocenters. The predicted molar refractivity (Wildman–Crippen MR) is 66.7 cm³/mol. The van der Waals surface area contributed by atoms with Gasteiger partial charge in [0.25, 0.3) is 5.91 Å². The number of carbonyl (C=O) groups excluding carboxylic acids is 2. The van der Waals surface area contributed by atoms with Gasteiger partial charge in [0, 0.05) is 13.6 Å². The summed E-state index contributed by atoms with van der Waals surface area (Å²) in [6.07, 6.45) is 0.830. The zero-order chi connectivity index (χ0) is 13.5. The standard InChI is InChI=1S/C13H17FN2O2/c1-3-8-15-12(17)9-16(2)13(18)10-6-4-5-7-11(10)14/h4-7H,3,8-9H2,1-2H3,(H,15,17). The minimum Gasteiger partial charge on any atom is -0.355 e. The zero-order valence-electron chi connectivity index (χ0n) is 10.6. The molecular formula is C13H17FN2O2.